The van der Waals surface area contributed by atoms with Crippen LogP contribution >= 0.6 is 24.0 Å². The number of nitrogens with one attached hydrogen (secondary N) is 2. The zero-order chi connectivity index (χ0) is 19.6. The van der Waals surface area contributed by atoms with E-state index < -0.39 is 0 Å². The number of aliphatic imine (C=N–C) groups is 1. The van der Waals surface area contributed by atoms with Gasteiger partial charge in [-0.15, -0.1) is 24.0 Å². The number of guanidine groups is 1. The Bertz CT molecular complexity index is 735. The van der Waals surface area contributed by atoms with Crippen LogP contribution in [0.1, 0.15) is 29.5 Å². The highest BCUT2D eigenvalue weighted by atomic mass is 127. The zero-order valence-corrected chi connectivity index (χ0v) is 19.6. The molecule has 6 heteroatoms. The summed E-state index contributed by atoms with van der Waals surface area (Å²) in [7, 11) is 4.11. The molecule has 0 heterocycles. The van der Waals surface area contributed by atoms with Crippen LogP contribution in [0.2, 0.25) is 0 Å². The predicted octanol–water partition coefficient (Wildman–Crippen LogP) is 3.51. The van der Waals surface area contributed by atoms with Crippen LogP contribution in [0.5, 0.6) is 0 Å². The first-order valence-electron chi connectivity index (χ1n) is 9.50. The number of aryl methyl sites for hydroxylation is 1. The largest absolute Gasteiger partial charge is 0.396 e. The third kappa shape index (κ3) is 7.31. The lowest BCUT2D eigenvalue weighted by molar-refractivity contribution is 0.265. The van der Waals surface area contributed by atoms with Crippen LogP contribution in [0.15, 0.2) is 53.5 Å². The van der Waals surface area contributed by atoms with Gasteiger partial charge in [0.2, 0.25) is 0 Å². The number of rotatable bonds is 8. The van der Waals surface area contributed by atoms with Gasteiger partial charge in [-0.1, -0.05) is 42.5 Å². The molecule has 0 aliphatic rings. The predicted molar refractivity (Wildman–Crippen MR) is 130 cm³/mol. The minimum Gasteiger partial charge on any atom is -0.396 e. The molecular weight excluding hydrogens is 463 g/mol. The molecule has 0 spiro atoms. The second-order valence-electron chi connectivity index (χ2n) is 6.89. The third-order valence-electron chi connectivity index (χ3n) is 4.48. The fourth-order valence-electron chi connectivity index (χ4n) is 2.96. The van der Waals surface area contributed by atoms with Gasteiger partial charge in [-0.25, -0.2) is 4.99 Å². The van der Waals surface area contributed by atoms with Gasteiger partial charge >= 0.3 is 0 Å². The van der Waals surface area contributed by atoms with E-state index in [0.29, 0.717) is 13.1 Å². The molecule has 0 saturated heterocycles. The first-order valence-corrected chi connectivity index (χ1v) is 9.50. The normalized spacial score (nSPS) is 12.1. The van der Waals surface area contributed by atoms with Crippen LogP contribution < -0.4 is 15.5 Å². The molecule has 5 nitrogen and oxygen atoms in total. The van der Waals surface area contributed by atoms with Crippen molar-refractivity contribution in [3.63, 3.8) is 0 Å². The van der Waals surface area contributed by atoms with Crippen molar-refractivity contribution in [1.29, 1.82) is 0 Å². The van der Waals surface area contributed by atoms with Gasteiger partial charge in [-0.05, 0) is 36.6 Å². The van der Waals surface area contributed by atoms with Crippen molar-refractivity contribution >= 4 is 35.6 Å². The minimum absolute atomic E-state index is 0. The Balaban J connectivity index is 0.00000392. The summed E-state index contributed by atoms with van der Waals surface area (Å²) < 4.78 is 0. The van der Waals surface area contributed by atoms with E-state index in [1.807, 2.05) is 30.3 Å². The summed E-state index contributed by atoms with van der Waals surface area (Å²) in [4.78, 5) is 6.86. The van der Waals surface area contributed by atoms with Crippen molar-refractivity contribution in [2.45, 2.75) is 26.3 Å². The van der Waals surface area contributed by atoms with Crippen molar-refractivity contribution in [1.82, 2.24) is 10.6 Å². The van der Waals surface area contributed by atoms with E-state index in [4.69, 9.17) is 4.99 Å². The lowest BCUT2D eigenvalue weighted by Crippen LogP contribution is -2.40. The summed E-state index contributed by atoms with van der Waals surface area (Å²) in [6.45, 7) is 6.26. The van der Waals surface area contributed by atoms with Crippen LogP contribution in [0, 0.1) is 6.92 Å². The highest BCUT2D eigenvalue weighted by Crippen LogP contribution is 2.21. The Labute approximate surface area is 186 Å². The van der Waals surface area contributed by atoms with E-state index in [0.717, 1.165) is 18.1 Å². The number of aliphatic hydroxyl groups excluding tert-OH is 1. The Hall–Kier alpha value is -1.80. The molecule has 0 bridgehead atoms. The van der Waals surface area contributed by atoms with Gasteiger partial charge in [0.15, 0.2) is 5.96 Å². The summed E-state index contributed by atoms with van der Waals surface area (Å²) in [6, 6.07) is 16.5. The molecule has 0 aliphatic carbocycles. The summed E-state index contributed by atoms with van der Waals surface area (Å²) in [5, 5.41) is 16.4. The lowest BCUT2D eigenvalue weighted by atomic mass is 10.0. The fraction of sp³-hybridized carbons (Fsp3) is 0.409. The van der Waals surface area contributed by atoms with Crippen LogP contribution in [0.25, 0.3) is 0 Å². The molecule has 0 amide bonds. The molecule has 1 atom stereocenters. The summed E-state index contributed by atoms with van der Waals surface area (Å²) >= 11 is 0. The average molecular weight is 496 g/mol. The number of hydrogen-bond acceptors (Lipinski definition) is 3. The van der Waals surface area contributed by atoms with Gasteiger partial charge in [0, 0.05) is 38.8 Å². The second-order valence-corrected chi connectivity index (χ2v) is 6.89. The molecule has 1 unspecified atom stereocenters. The number of anilines is 1. The van der Waals surface area contributed by atoms with Crippen molar-refractivity contribution in [2.24, 2.45) is 4.99 Å². The molecule has 3 N–H and O–H groups in total. The highest BCUT2D eigenvalue weighted by Gasteiger charge is 2.11. The van der Waals surface area contributed by atoms with Crippen LogP contribution in [-0.4, -0.2) is 44.9 Å². The lowest BCUT2D eigenvalue weighted by Gasteiger charge is -2.19. The van der Waals surface area contributed by atoms with Gasteiger partial charge in [0.1, 0.15) is 0 Å². The first-order chi connectivity index (χ1) is 13.0. The van der Waals surface area contributed by atoms with Gasteiger partial charge < -0.3 is 20.6 Å². The van der Waals surface area contributed by atoms with Gasteiger partial charge in [0.25, 0.3) is 0 Å². The number of halogens is 1. The summed E-state index contributed by atoms with van der Waals surface area (Å²) in [6.07, 6.45) is 0. The second kappa shape index (κ2) is 12.6. The highest BCUT2D eigenvalue weighted by molar-refractivity contribution is 14.0. The van der Waals surface area contributed by atoms with Gasteiger partial charge in [0.05, 0.1) is 13.2 Å². The standard InChI is InChI=1S/C22H32N4O.HI/c1-5-23-22(25-15-20(16-27)18-9-7-6-8-10-18)24-14-19-12-11-17(2)13-21(19)26(3)4;/h6-13,20,27H,5,14-16H2,1-4H3,(H2,23,24,25);1H. The molecular formula is C22H33IN4O. The molecule has 2 aromatic rings. The molecule has 154 valence electrons. The topological polar surface area (TPSA) is 59.9 Å². The number of benzene rings is 2. The van der Waals surface area contributed by atoms with E-state index in [-0.39, 0.29) is 36.5 Å². The molecule has 0 radical (unpaired) electrons. The van der Waals surface area contributed by atoms with Crippen LogP contribution in [0.4, 0.5) is 5.69 Å². The van der Waals surface area contributed by atoms with Gasteiger partial charge in [-0.3, -0.25) is 0 Å². The monoisotopic (exact) mass is 496 g/mol. The quantitative estimate of drug-likeness (QED) is 0.298. The minimum atomic E-state index is 0. The molecule has 2 aromatic carbocycles. The fourth-order valence-corrected chi connectivity index (χ4v) is 2.96. The third-order valence-corrected chi connectivity index (χ3v) is 4.48. The maximum atomic E-state index is 9.75. The Kier molecular flexibility index (Phi) is 10.9. The Morgan fingerprint density at radius 3 is 2.43 bits per heavy atom. The summed E-state index contributed by atoms with van der Waals surface area (Å²) in [5.41, 5.74) is 4.73. The zero-order valence-electron chi connectivity index (χ0n) is 17.3. The Morgan fingerprint density at radius 2 is 1.82 bits per heavy atom. The van der Waals surface area contributed by atoms with Crippen LogP contribution in [0.3, 0.4) is 0 Å². The van der Waals surface area contributed by atoms with E-state index in [1.54, 1.807) is 0 Å². The molecule has 28 heavy (non-hydrogen) atoms. The van der Waals surface area contributed by atoms with Crippen molar-refractivity contribution in [3.8, 4) is 0 Å². The van der Waals surface area contributed by atoms with E-state index in [9.17, 15) is 5.11 Å². The van der Waals surface area contributed by atoms with Crippen molar-refractivity contribution in [2.75, 3.05) is 38.7 Å². The van der Waals surface area contributed by atoms with Crippen LogP contribution in [-0.2, 0) is 6.54 Å². The molecule has 0 saturated carbocycles. The van der Waals surface area contributed by atoms with Crippen molar-refractivity contribution in [3.05, 3.63) is 65.2 Å². The first kappa shape index (κ1) is 24.2. The maximum Gasteiger partial charge on any atom is 0.191 e. The van der Waals surface area contributed by atoms with E-state index >= 15 is 0 Å². The molecule has 0 aromatic heterocycles. The van der Waals surface area contributed by atoms with Gasteiger partial charge in [-0.2, -0.15) is 0 Å². The van der Waals surface area contributed by atoms with Crippen molar-refractivity contribution < 1.29 is 5.11 Å². The molecule has 0 fully saturated rings. The number of nitrogens with zero attached hydrogens (tertiary/aromatic N) is 2. The SMILES string of the molecule is CCNC(=NCc1ccc(C)cc1N(C)C)NCC(CO)c1ccccc1.I. The molecule has 2 rings (SSSR count). The average Bonchev–Trinajstić information content (AvgIpc) is 2.67. The summed E-state index contributed by atoms with van der Waals surface area (Å²) in [5.74, 6) is 0.795. The van der Waals surface area contributed by atoms with E-state index in [1.165, 1.54) is 16.8 Å². The maximum absolute atomic E-state index is 9.75. The number of aliphatic hydroxyl groups is 1. The molecule has 0 aliphatic heterocycles. The van der Waals surface area contributed by atoms with E-state index in [2.05, 4.69) is 61.7 Å². The Morgan fingerprint density at radius 1 is 1.11 bits per heavy atom. The smallest absolute Gasteiger partial charge is 0.191 e. The number of hydrogen-bond donors (Lipinski definition) is 3.